The zero-order chi connectivity index (χ0) is 26.3. The molecule has 0 saturated heterocycles. The van der Waals surface area contributed by atoms with Crippen LogP contribution in [0.5, 0.6) is 5.75 Å². The van der Waals surface area contributed by atoms with E-state index in [9.17, 15) is 0 Å². The zero-order valence-corrected chi connectivity index (χ0v) is 22.8. The lowest BCUT2D eigenvalue weighted by Gasteiger charge is -2.16. The van der Waals surface area contributed by atoms with Gasteiger partial charge in [0, 0.05) is 11.1 Å². The first-order chi connectivity index (χ1) is 18.2. The standard InChI is InChI=1S/C34H44F2O/c1-3-5-7-9-11-16-20-30-32(37-25-17-12-10-8-6-4-2)26-31(34(36)33(30)35)29-23-21-28(22-24-29)27-18-14-13-15-19-27/h13-15,18-19,21-24,26H,3-12,16-17,20,25H2,1-2H3. The third-order valence-corrected chi connectivity index (χ3v) is 7.11. The van der Waals surface area contributed by atoms with Gasteiger partial charge in [0.05, 0.1) is 6.61 Å². The van der Waals surface area contributed by atoms with E-state index in [4.69, 9.17) is 4.74 Å². The van der Waals surface area contributed by atoms with Crippen molar-refractivity contribution in [1.82, 2.24) is 0 Å². The predicted molar refractivity (Wildman–Crippen MR) is 153 cm³/mol. The minimum absolute atomic E-state index is 0.266. The van der Waals surface area contributed by atoms with Gasteiger partial charge in [-0.3, -0.25) is 0 Å². The summed E-state index contributed by atoms with van der Waals surface area (Å²) < 4.78 is 36.9. The average Bonchev–Trinajstić information content (AvgIpc) is 2.93. The van der Waals surface area contributed by atoms with Gasteiger partial charge in [-0.15, -0.1) is 0 Å². The molecule has 0 atom stereocenters. The normalized spacial score (nSPS) is 11.1. The number of ether oxygens (including phenoxy) is 1. The van der Waals surface area contributed by atoms with Crippen molar-refractivity contribution in [2.45, 2.75) is 97.3 Å². The molecule has 0 saturated carbocycles. The Bertz CT molecular complexity index is 1040. The van der Waals surface area contributed by atoms with Crippen LogP contribution in [0.2, 0.25) is 0 Å². The smallest absolute Gasteiger partial charge is 0.167 e. The summed E-state index contributed by atoms with van der Waals surface area (Å²) in [4.78, 5) is 0. The van der Waals surface area contributed by atoms with E-state index in [0.717, 1.165) is 43.2 Å². The molecule has 37 heavy (non-hydrogen) atoms. The Balaban J connectivity index is 1.76. The first-order valence-corrected chi connectivity index (χ1v) is 14.4. The zero-order valence-electron chi connectivity index (χ0n) is 22.8. The molecule has 3 heteroatoms. The van der Waals surface area contributed by atoms with Gasteiger partial charge in [0.1, 0.15) is 5.75 Å². The van der Waals surface area contributed by atoms with Crippen LogP contribution >= 0.6 is 0 Å². The van der Waals surface area contributed by atoms with E-state index in [-0.39, 0.29) is 5.56 Å². The lowest BCUT2D eigenvalue weighted by atomic mass is 9.96. The molecule has 0 fully saturated rings. The SMILES string of the molecule is CCCCCCCCOc1cc(-c2ccc(-c3ccccc3)cc2)c(F)c(F)c1CCCCCCCC. The lowest BCUT2D eigenvalue weighted by molar-refractivity contribution is 0.297. The van der Waals surface area contributed by atoms with Gasteiger partial charge < -0.3 is 4.74 Å². The molecule has 200 valence electrons. The summed E-state index contributed by atoms with van der Waals surface area (Å²) >= 11 is 0. The molecule has 0 heterocycles. The highest BCUT2D eigenvalue weighted by Crippen LogP contribution is 2.35. The number of benzene rings is 3. The van der Waals surface area contributed by atoms with Crippen LogP contribution in [0, 0.1) is 11.6 Å². The van der Waals surface area contributed by atoms with Crippen LogP contribution in [0.1, 0.15) is 96.5 Å². The molecule has 0 N–H and O–H groups in total. The number of unbranched alkanes of at least 4 members (excludes halogenated alkanes) is 10. The van der Waals surface area contributed by atoms with Crippen LogP contribution in [-0.4, -0.2) is 6.61 Å². The Morgan fingerprint density at radius 2 is 1.11 bits per heavy atom. The molecule has 0 spiro atoms. The second kappa shape index (κ2) is 16.2. The van der Waals surface area contributed by atoms with Crippen molar-refractivity contribution in [3.05, 3.63) is 77.9 Å². The van der Waals surface area contributed by atoms with Crippen LogP contribution < -0.4 is 4.74 Å². The summed E-state index contributed by atoms with van der Waals surface area (Å²) in [6.45, 7) is 4.94. The topological polar surface area (TPSA) is 9.23 Å². The van der Waals surface area contributed by atoms with Crippen LogP contribution in [0.4, 0.5) is 8.78 Å². The minimum atomic E-state index is -0.777. The number of hydrogen-bond acceptors (Lipinski definition) is 1. The maximum absolute atomic E-state index is 15.4. The van der Waals surface area contributed by atoms with Crippen molar-refractivity contribution in [2.75, 3.05) is 6.61 Å². The maximum Gasteiger partial charge on any atom is 0.167 e. The summed E-state index contributed by atoms with van der Waals surface area (Å²) in [5.41, 5.74) is 3.46. The second-order valence-electron chi connectivity index (χ2n) is 10.1. The van der Waals surface area contributed by atoms with Crippen LogP contribution in [-0.2, 0) is 6.42 Å². The monoisotopic (exact) mass is 506 g/mol. The number of halogens is 2. The third-order valence-electron chi connectivity index (χ3n) is 7.11. The fourth-order valence-electron chi connectivity index (χ4n) is 4.83. The largest absolute Gasteiger partial charge is 0.493 e. The Kier molecular flexibility index (Phi) is 12.7. The summed E-state index contributed by atoms with van der Waals surface area (Å²) in [6.07, 6.45) is 14.1. The van der Waals surface area contributed by atoms with E-state index >= 15 is 8.78 Å². The van der Waals surface area contributed by atoms with Gasteiger partial charge in [-0.1, -0.05) is 133 Å². The van der Waals surface area contributed by atoms with Crippen molar-refractivity contribution >= 4 is 0 Å². The molecule has 3 aromatic rings. The molecule has 0 aliphatic carbocycles. The Morgan fingerprint density at radius 1 is 0.568 bits per heavy atom. The Hall–Kier alpha value is -2.68. The Labute approximate surface area is 223 Å². The van der Waals surface area contributed by atoms with E-state index in [2.05, 4.69) is 13.8 Å². The van der Waals surface area contributed by atoms with Crippen molar-refractivity contribution in [3.63, 3.8) is 0 Å². The molecule has 0 aromatic heterocycles. The summed E-state index contributed by atoms with van der Waals surface area (Å²) in [5, 5.41) is 0. The third kappa shape index (κ3) is 8.98. The van der Waals surface area contributed by atoms with Crippen LogP contribution in [0.15, 0.2) is 60.7 Å². The molecule has 0 radical (unpaired) electrons. The maximum atomic E-state index is 15.4. The average molecular weight is 507 g/mol. The minimum Gasteiger partial charge on any atom is -0.493 e. The molecule has 3 aromatic carbocycles. The second-order valence-corrected chi connectivity index (χ2v) is 10.1. The van der Waals surface area contributed by atoms with Crippen molar-refractivity contribution in [2.24, 2.45) is 0 Å². The summed E-state index contributed by atoms with van der Waals surface area (Å²) in [7, 11) is 0. The molecule has 0 amide bonds. The highest BCUT2D eigenvalue weighted by atomic mass is 19.2. The van der Waals surface area contributed by atoms with Gasteiger partial charge in [0.2, 0.25) is 0 Å². The van der Waals surface area contributed by atoms with E-state index in [1.807, 2.05) is 54.6 Å². The van der Waals surface area contributed by atoms with Crippen LogP contribution in [0.3, 0.4) is 0 Å². The molecule has 0 bridgehead atoms. The molecule has 0 aliphatic rings. The molecular formula is C34H44F2O. The fourth-order valence-corrected chi connectivity index (χ4v) is 4.83. The first kappa shape index (κ1) is 28.9. The highest BCUT2D eigenvalue weighted by Gasteiger charge is 2.20. The summed E-state index contributed by atoms with van der Waals surface area (Å²) in [5.74, 6) is -1.03. The van der Waals surface area contributed by atoms with E-state index < -0.39 is 11.6 Å². The van der Waals surface area contributed by atoms with Crippen molar-refractivity contribution < 1.29 is 13.5 Å². The molecule has 0 aliphatic heterocycles. The van der Waals surface area contributed by atoms with Gasteiger partial charge in [0.25, 0.3) is 0 Å². The predicted octanol–water partition coefficient (Wildman–Crippen LogP) is 10.9. The van der Waals surface area contributed by atoms with Gasteiger partial charge in [-0.05, 0) is 42.0 Å². The number of hydrogen-bond donors (Lipinski definition) is 0. The fraction of sp³-hybridized carbons (Fsp3) is 0.471. The molecular weight excluding hydrogens is 462 g/mol. The highest BCUT2D eigenvalue weighted by molar-refractivity contribution is 5.72. The summed E-state index contributed by atoms with van der Waals surface area (Å²) in [6, 6.07) is 19.4. The quantitative estimate of drug-likeness (QED) is 0.165. The Morgan fingerprint density at radius 3 is 1.76 bits per heavy atom. The van der Waals surface area contributed by atoms with Gasteiger partial charge >= 0.3 is 0 Å². The van der Waals surface area contributed by atoms with E-state index in [1.165, 1.54) is 44.9 Å². The van der Waals surface area contributed by atoms with Gasteiger partial charge in [0.15, 0.2) is 11.6 Å². The molecule has 1 nitrogen and oxygen atoms in total. The van der Waals surface area contributed by atoms with Crippen LogP contribution in [0.25, 0.3) is 22.3 Å². The lowest BCUT2D eigenvalue weighted by Crippen LogP contribution is -2.06. The first-order valence-electron chi connectivity index (χ1n) is 14.4. The molecule has 3 rings (SSSR count). The number of rotatable bonds is 17. The van der Waals surface area contributed by atoms with E-state index in [0.29, 0.717) is 29.9 Å². The van der Waals surface area contributed by atoms with Gasteiger partial charge in [-0.2, -0.15) is 0 Å². The van der Waals surface area contributed by atoms with Gasteiger partial charge in [-0.25, -0.2) is 8.78 Å². The van der Waals surface area contributed by atoms with Crippen molar-refractivity contribution in [1.29, 1.82) is 0 Å². The van der Waals surface area contributed by atoms with E-state index in [1.54, 1.807) is 6.07 Å². The molecule has 0 unspecified atom stereocenters. The van der Waals surface area contributed by atoms with Crippen molar-refractivity contribution in [3.8, 4) is 28.0 Å².